The third-order valence-corrected chi connectivity index (χ3v) is 2.92. The highest BCUT2D eigenvalue weighted by atomic mass is 19.1. The maximum Gasteiger partial charge on any atom is 0.422 e. The average Bonchev–Trinajstić information content (AvgIpc) is 2.35. The molecule has 0 aliphatic heterocycles. The van der Waals surface area contributed by atoms with Crippen molar-refractivity contribution >= 4 is 6.09 Å². The molecule has 0 saturated heterocycles. The lowest BCUT2D eigenvalue weighted by Gasteiger charge is -2.21. The van der Waals surface area contributed by atoms with Crippen LogP contribution in [-0.2, 0) is 4.74 Å². The van der Waals surface area contributed by atoms with Crippen LogP contribution in [0.2, 0.25) is 0 Å². The fraction of sp³-hybridized carbons (Fsp3) is 0.545. The fourth-order valence-electron chi connectivity index (χ4n) is 1.97. The molecule has 0 radical (unpaired) electrons. The molecule has 1 saturated carbocycles. The lowest BCUT2D eigenvalue weighted by molar-refractivity contribution is 0.0752. The van der Waals surface area contributed by atoms with Crippen molar-refractivity contribution in [1.29, 1.82) is 0 Å². The number of nitrogens with zero attached hydrogens (tertiary/aromatic N) is 1. The third kappa shape index (κ3) is 2.66. The quantitative estimate of drug-likeness (QED) is 0.812. The first-order valence-corrected chi connectivity index (χ1v) is 5.80. The van der Waals surface area contributed by atoms with E-state index in [1.54, 1.807) is 4.98 Å². The third-order valence-electron chi connectivity index (χ3n) is 2.92. The molecule has 1 heterocycles. The molecule has 1 aliphatic carbocycles. The summed E-state index contributed by atoms with van der Waals surface area (Å²) >= 11 is 0. The molecule has 2 rings (SSSR count). The topological polar surface area (TPSA) is 81.2 Å². The van der Waals surface area contributed by atoms with Crippen LogP contribution in [0, 0.1) is 5.82 Å². The largest absolute Gasteiger partial charge is 0.446 e. The van der Waals surface area contributed by atoms with Gasteiger partial charge in [0.25, 0.3) is 5.56 Å². The minimum Gasteiger partial charge on any atom is -0.446 e. The van der Waals surface area contributed by atoms with Gasteiger partial charge in [-0.25, -0.2) is 14.2 Å². The molecule has 0 spiro atoms. The molecule has 0 atom stereocenters. The minimum absolute atomic E-state index is 0.242. The Bertz CT molecular complexity index is 557. The zero-order valence-corrected chi connectivity index (χ0v) is 9.65. The van der Waals surface area contributed by atoms with Crippen molar-refractivity contribution < 1.29 is 13.9 Å². The van der Waals surface area contributed by atoms with Gasteiger partial charge in [0.2, 0.25) is 5.82 Å². The van der Waals surface area contributed by atoms with Crippen LogP contribution in [-0.4, -0.2) is 21.7 Å². The van der Waals surface area contributed by atoms with Crippen molar-refractivity contribution in [1.82, 2.24) is 9.55 Å². The van der Waals surface area contributed by atoms with Crippen LogP contribution in [0.15, 0.2) is 15.8 Å². The summed E-state index contributed by atoms with van der Waals surface area (Å²) in [6.45, 7) is 0. The lowest BCUT2D eigenvalue weighted by Crippen LogP contribution is -2.37. The number of carbonyl (C=O) groups is 1. The van der Waals surface area contributed by atoms with E-state index in [1.807, 2.05) is 0 Å². The Balaban J connectivity index is 2.16. The predicted octanol–water partition coefficient (Wildman–Crippen LogP) is 0.993. The van der Waals surface area contributed by atoms with Crippen LogP contribution >= 0.6 is 0 Å². The van der Waals surface area contributed by atoms with E-state index < -0.39 is 23.2 Å². The summed E-state index contributed by atoms with van der Waals surface area (Å²) in [5.74, 6) is -1.20. The van der Waals surface area contributed by atoms with Gasteiger partial charge in [-0.1, -0.05) is 6.42 Å². The number of halogens is 1. The van der Waals surface area contributed by atoms with Crippen LogP contribution in [0.1, 0.15) is 32.1 Å². The second-order valence-electron chi connectivity index (χ2n) is 4.25. The molecular formula is C11H13FN2O4. The van der Waals surface area contributed by atoms with Gasteiger partial charge < -0.3 is 4.74 Å². The monoisotopic (exact) mass is 256 g/mol. The number of hydrogen-bond acceptors (Lipinski definition) is 4. The van der Waals surface area contributed by atoms with Gasteiger partial charge in [-0.2, -0.15) is 4.39 Å². The van der Waals surface area contributed by atoms with Crippen molar-refractivity contribution in [3.05, 3.63) is 32.9 Å². The molecule has 1 aromatic heterocycles. The van der Waals surface area contributed by atoms with Crippen molar-refractivity contribution in [3.8, 4) is 0 Å². The number of aromatic amines is 1. The number of hydrogen-bond donors (Lipinski definition) is 1. The number of carbonyl (C=O) groups excluding carboxylic acids is 1. The zero-order chi connectivity index (χ0) is 13.1. The molecule has 0 bridgehead atoms. The Morgan fingerprint density at radius 2 is 2.00 bits per heavy atom. The van der Waals surface area contributed by atoms with E-state index in [4.69, 9.17) is 4.74 Å². The summed E-state index contributed by atoms with van der Waals surface area (Å²) in [7, 11) is 0. The highest BCUT2D eigenvalue weighted by Gasteiger charge is 2.20. The SMILES string of the molecule is O=C(OC1CCCCC1)n1cc(F)c(=O)[nH]c1=O. The maximum absolute atomic E-state index is 13.0. The molecule has 0 amide bonds. The average molecular weight is 256 g/mol. The molecule has 98 valence electrons. The van der Waals surface area contributed by atoms with Gasteiger partial charge in [-0.3, -0.25) is 9.78 Å². The molecular weight excluding hydrogens is 243 g/mol. The fourth-order valence-corrected chi connectivity index (χ4v) is 1.97. The second-order valence-corrected chi connectivity index (χ2v) is 4.25. The smallest absolute Gasteiger partial charge is 0.422 e. The zero-order valence-electron chi connectivity index (χ0n) is 9.65. The molecule has 1 aliphatic rings. The van der Waals surface area contributed by atoms with Gasteiger partial charge in [-0.15, -0.1) is 0 Å². The number of nitrogens with one attached hydrogen (secondary N) is 1. The number of H-pyrrole nitrogens is 1. The van der Waals surface area contributed by atoms with Crippen LogP contribution in [0.25, 0.3) is 0 Å². The Labute approximate surface area is 101 Å². The van der Waals surface area contributed by atoms with Gasteiger partial charge in [0, 0.05) is 0 Å². The van der Waals surface area contributed by atoms with E-state index in [-0.39, 0.29) is 6.10 Å². The molecule has 0 aromatic carbocycles. The van der Waals surface area contributed by atoms with Gasteiger partial charge >= 0.3 is 11.8 Å². The molecule has 7 heteroatoms. The maximum atomic E-state index is 13.0. The van der Waals surface area contributed by atoms with E-state index in [0.29, 0.717) is 10.8 Å². The van der Waals surface area contributed by atoms with Crippen molar-refractivity contribution in [2.45, 2.75) is 38.2 Å². The van der Waals surface area contributed by atoms with E-state index in [1.165, 1.54) is 0 Å². The van der Waals surface area contributed by atoms with Crippen LogP contribution in [0.3, 0.4) is 0 Å². The first-order chi connectivity index (χ1) is 8.58. The van der Waals surface area contributed by atoms with E-state index in [2.05, 4.69) is 0 Å². The van der Waals surface area contributed by atoms with E-state index >= 15 is 0 Å². The highest BCUT2D eigenvalue weighted by Crippen LogP contribution is 2.20. The Hall–Kier alpha value is -1.92. The second kappa shape index (κ2) is 5.16. The van der Waals surface area contributed by atoms with Crippen LogP contribution < -0.4 is 11.2 Å². The normalized spacial score (nSPS) is 16.5. The lowest BCUT2D eigenvalue weighted by atomic mass is 9.98. The van der Waals surface area contributed by atoms with Crippen molar-refractivity contribution in [3.63, 3.8) is 0 Å². The summed E-state index contributed by atoms with van der Waals surface area (Å²) < 4.78 is 18.5. The Morgan fingerprint density at radius 3 is 2.67 bits per heavy atom. The Kier molecular flexibility index (Phi) is 3.59. The standard InChI is InChI=1S/C11H13FN2O4/c12-8-6-14(10(16)13-9(8)15)11(17)18-7-4-2-1-3-5-7/h6-7H,1-5H2,(H,13,15,16). The molecule has 1 N–H and O–H groups in total. The molecule has 1 aromatic rings. The van der Waals surface area contributed by atoms with Crippen molar-refractivity contribution in [2.24, 2.45) is 0 Å². The van der Waals surface area contributed by atoms with Gasteiger partial charge in [0.05, 0.1) is 6.20 Å². The minimum atomic E-state index is -1.20. The summed E-state index contributed by atoms with van der Waals surface area (Å²) in [5.41, 5.74) is -2.15. The summed E-state index contributed by atoms with van der Waals surface area (Å²) in [6, 6.07) is 0. The van der Waals surface area contributed by atoms with Gasteiger partial charge in [-0.05, 0) is 25.7 Å². The van der Waals surface area contributed by atoms with Crippen molar-refractivity contribution in [2.75, 3.05) is 0 Å². The number of rotatable bonds is 1. The van der Waals surface area contributed by atoms with Gasteiger partial charge in [0.15, 0.2) is 0 Å². The Morgan fingerprint density at radius 1 is 1.33 bits per heavy atom. The molecule has 1 fully saturated rings. The molecule has 6 nitrogen and oxygen atoms in total. The van der Waals surface area contributed by atoms with E-state index in [0.717, 1.165) is 32.1 Å². The summed E-state index contributed by atoms with van der Waals surface area (Å²) in [4.78, 5) is 35.5. The highest BCUT2D eigenvalue weighted by molar-refractivity contribution is 5.70. The molecule has 18 heavy (non-hydrogen) atoms. The number of ether oxygens (including phenoxy) is 1. The number of aromatic nitrogens is 2. The van der Waals surface area contributed by atoms with Gasteiger partial charge in [0.1, 0.15) is 6.10 Å². The first-order valence-electron chi connectivity index (χ1n) is 5.80. The first kappa shape index (κ1) is 12.5. The van der Waals surface area contributed by atoms with Crippen LogP contribution in [0.4, 0.5) is 9.18 Å². The predicted molar refractivity (Wildman–Crippen MR) is 60.0 cm³/mol. The molecule has 0 unspecified atom stereocenters. The summed E-state index contributed by atoms with van der Waals surface area (Å²) in [5, 5.41) is 0. The van der Waals surface area contributed by atoms with Crippen LogP contribution in [0.5, 0.6) is 0 Å². The summed E-state index contributed by atoms with van der Waals surface area (Å²) in [6.07, 6.45) is 3.86. The van der Waals surface area contributed by atoms with E-state index in [9.17, 15) is 18.8 Å².